The Morgan fingerprint density at radius 3 is 1.22 bits per heavy atom. The van der Waals surface area contributed by atoms with Crippen LogP contribution < -0.4 is 30.7 Å². The number of nitrogens with zero attached hydrogens (tertiary/aromatic N) is 4. The van der Waals surface area contributed by atoms with E-state index < -0.39 is 51.6 Å². The van der Waals surface area contributed by atoms with Gasteiger partial charge in [0.1, 0.15) is 59.0 Å². The van der Waals surface area contributed by atoms with Gasteiger partial charge in [-0.3, -0.25) is 14.6 Å². The third-order valence-corrected chi connectivity index (χ3v) is 45.9. The molecule has 756 valence electrons. The summed E-state index contributed by atoms with van der Waals surface area (Å²) in [7, 11) is -4.31. The van der Waals surface area contributed by atoms with Crippen LogP contribution in [0.2, 0.25) is 72.5 Å². The van der Waals surface area contributed by atoms with Crippen LogP contribution in [0.1, 0.15) is 182 Å². The summed E-state index contributed by atoms with van der Waals surface area (Å²) in [5.74, 6) is -1.40. The highest BCUT2D eigenvalue weighted by Gasteiger charge is 2.42. The SMILES string of the molecule is C=C(O[Si](C)(C)C(C)(C)C)c1ccc(F)c(Br)c1.CC(=O)c1ccc(F)c(Br)c1.CC(C)(C)[Si](C)(C)OCC(=O)c1ccc(F)c(Br)c1.CC(C)(C)[Si](C)(C)OCC(O)c1ccc(F)c(Br)c1.CC(O)Cc1ccc(N2CCNCC2)cc1.CC(O)c1cncc(N2CCNCC2)c1.COC(CO)c1ccc(F)c(N2CCNCC2)c1.COC(CO[Si](C)(C)C(C)(C)C)c1ccc(F)c(Br)c1. The Balaban J connectivity index is 0.000000326. The van der Waals surface area contributed by atoms with Crippen molar-refractivity contribution in [3.8, 4) is 0 Å². The van der Waals surface area contributed by atoms with Crippen LogP contribution in [0.3, 0.4) is 0 Å². The number of aliphatic hydroxyl groups excluding tert-OH is 4. The molecule has 19 nitrogen and oxygen atoms in total. The summed E-state index contributed by atoms with van der Waals surface area (Å²) in [6.45, 7) is 64.5. The van der Waals surface area contributed by atoms with Gasteiger partial charge < -0.3 is 78.3 Å². The van der Waals surface area contributed by atoms with Gasteiger partial charge >= 0.3 is 0 Å². The van der Waals surface area contributed by atoms with Crippen molar-refractivity contribution >= 4 is 147 Å². The van der Waals surface area contributed by atoms with Crippen LogP contribution in [-0.2, 0) is 33.6 Å². The van der Waals surface area contributed by atoms with Crippen LogP contribution in [0.15, 0.2) is 181 Å². The summed E-state index contributed by atoms with van der Waals surface area (Å²) < 4.78 is 116. The molecule has 5 atom stereocenters. The van der Waals surface area contributed by atoms with Crippen molar-refractivity contribution in [2.75, 3.05) is 134 Å². The lowest BCUT2D eigenvalue weighted by Gasteiger charge is -2.37. The van der Waals surface area contributed by atoms with Crippen LogP contribution in [0.5, 0.6) is 0 Å². The maximum absolute atomic E-state index is 13.9. The lowest BCUT2D eigenvalue weighted by atomic mass is 10.1. The third kappa shape index (κ3) is 41.0. The average molecular weight is 2290 g/mol. The van der Waals surface area contributed by atoms with E-state index in [1.165, 1.54) is 85.9 Å². The number of nitrogens with one attached hydrogen (secondary N) is 3. The Bertz CT molecular complexity index is 5030. The standard InChI is InChI=1S/C15H24BrFO2Si.C14H22BrFO2Si.C14H20BrFO2Si.C14H20BrFOSi.C13H19FN2O2.C13H20N2O.C11H17N3O.C8H6BrFO/c1-15(2,3)20(5,6)19-10-14(18-4)11-7-8-13(17)12(16)9-11;2*1-14(2,3)19(4,5)18-9-13(17)10-6-7-12(16)11(15)8-10;1-10(17-18(5,6)14(2,3)4)11-7-8-13(16)12(15)9-11;1-18-13(9-17)10-2-3-11(14)12(8-10)16-6-4-15-5-7-16;1-11(16)10-12-2-4-13(5-3-12)15-8-6-14-7-9-15;1-9(15)10-6-11(8-13-7-10)14-4-2-12-3-5-14;1-5(11)6-2-3-8(10)7(9)4-6/h7-9,14H,10H2,1-6H3;6-8,13,17H,9H2,1-5H3;6-8H,9H2,1-5H3;7-9H,1H2,2-6H3;2-3,8,13,15,17H,4-7,9H2,1H3;2-5,11,14,16H,6-10H2,1H3;6-9,12,15H,2-5H2,1H3;2-4H,1H3. The summed E-state index contributed by atoms with van der Waals surface area (Å²) in [5.41, 5.74) is 9.23. The van der Waals surface area contributed by atoms with Gasteiger partial charge in [0, 0.05) is 127 Å². The highest BCUT2D eigenvalue weighted by atomic mass is 79.9. The quantitative estimate of drug-likeness (QED) is 0.0116. The van der Waals surface area contributed by atoms with Crippen molar-refractivity contribution < 1.29 is 83.5 Å². The van der Waals surface area contributed by atoms with Gasteiger partial charge in [-0.05, 0) is 311 Å². The summed E-state index contributed by atoms with van der Waals surface area (Å²) in [6, 6.07) is 38.1. The van der Waals surface area contributed by atoms with E-state index in [1.807, 2.05) is 24.1 Å². The molecule has 3 saturated heterocycles. The van der Waals surface area contributed by atoms with Crippen molar-refractivity contribution in [1.82, 2.24) is 20.9 Å². The number of aromatic nitrogens is 1. The molecule has 8 aromatic rings. The molecule has 0 bridgehead atoms. The monoisotopic (exact) mass is 2280 g/mol. The van der Waals surface area contributed by atoms with E-state index in [-0.39, 0.29) is 98.7 Å². The van der Waals surface area contributed by atoms with Gasteiger partial charge in [-0.25, -0.2) is 26.3 Å². The molecule has 5 unspecified atom stereocenters. The minimum absolute atomic E-state index is 0.0502. The van der Waals surface area contributed by atoms with E-state index in [9.17, 15) is 56.4 Å². The number of rotatable bonds is 26. The fourth-order valence-corrected chi connectivity index (χ4v) is 17.9. The van der Waals surface area contributed by atoms with Gasteiger partial charge in [-0.2, -0.15) is 0 Å². The fraction of sp³-hybridized carbons (Fsp3) is 0.500. The number of carbonyl (C=O) groups excluding carboxylic acids is 2. The summed E-state index contributed by atoms with van der Waals surface area (Å²) in [5, 5.41) is 48.5. The topological polar surface area (TPSA) is 229 Å². The highest BCUT2D eigenvalue weighted by molar-refractivity contribution is 9.11. The maximum Gasteiger partial charge on any atom is 0.250 e. The van der Waals surface area contributed by atoms with Crippen LogP contribution in [0, 0.1) is 34.9 Å². The number of ketones is 2. The number of aliphatic hydroxyl groups is 4. The molecule has 0 saturated carbocycles. The number of hydrogen-bond donors (Lipinski definition) is 7. The Labute approximate surface area is 852 Å². The second-order valence-electron chi connectivity index (χ2n) is 39.6. The molecule has 34 heteroatoms. The van der Waals surface area contributed by atoms with Crippen LogP contribution in [0.25, 0.3) is 5.76 Å². The van der Waals surface area contributed by atoms with Crippen molar-refractivity contribution in [3.05, 3.63) is 260 Å². The lowest BCUT2D eigenvalue weighted by molar-refractivity contribution is 0.0484. The molecule has 1 aromatic heterocycles. The number of Topliss-reactive ketones (excluding diaryl/α,β-unsaturated/α-hetero) is 2. The van der Waals surface area contributed by atoms with Gasteiger partial charge in [-0.15, -0.1) is 0 Å². The number of pyridine rings is 1. The normalized spacial score (nSPS) is 15.0. The first-order valence-electron chi connectivity index (χ1n) is 45.6. The number of hydrogen-bond acceptors (Lipinski definition) is 19. The molecule has 0 aliphatic carbocycles. The molecule has 3 aliphatic rings. The summed E-state index contributed by atoms with van der Waals surface area (Å²) in [6.07, 6.45) is 2.31. The molecular formula is C102H148Br5F6N7O12Si4. The first kappa shape index (κ1) is 123. The largest absolute Gasteiger partial charge is 0.543 e. The van der Waals surface area contributed by atoms with Crippen LogP contribution in [-0.4, -0.2) is 196 Å². The van der Waals surface area contributed by atoms with Crippen LogP contribution in [0.4, 0.5) is 43.4 Å². The number of anilines is 3. The predicted octanol–water partition coefficient (Wildman–Crippen LogP) is 25.6. The Morgan fingerprint density at radius 1 is 0.441 bits per heavy atom. The molecule has 136 heavy (non-hydrogen) atoms. The zero-order chi connectivity index (χ0) is 103. The second-order valence-corrected chi connectivity index (χ2v) is 63.1. The Kier molecular flexibility index (Phi) is 51.4. The number of carbonyl (C=O) groups is 2. The van der Waals surface area contributed by atoms with Gasteiger partial charge in [-0.1, -0.05) is 120 Å². The summed E-state index contributed by atoms with van der Waals surface area (Å²) >= 11 is 15.6. The maximum atomic E-state index is 13.9. The molecule has 4 heterocycles. The average Bonchev–Trinajstić information content (AvgIpc) is 0.794. The van der Waals surface area contributed by atoms with Gasteiger partial charge in [0.25, 0.3) is 0 Å². The molecule has 0 amide bonds. The molecular weight excluding hydrogens is 2140 g/mol. The minimum Gasteiger partial charge on any atom is -0.543 e. The van der Waals surface area contributed by atoms with Crippen molar-refractivity contribution in [2.45, 2.75) is 213 Å². The lowest BCUT2D eigenvalue weighted by Crippen LogP contribution is -2.43. The van der Waals surface area contributed by atoms with E-state index >= 15 is 0 Å². The highest BCUT2D eigenvalue weighted by Crippen LogP contribution is 2.43. The van der Waals surface area contributed by atoms with E-state index in [4.69, 9.17) is 27.2 Å². The molecule has 7 aromatic carbocycles. The minimum atomic E-state index is -1.93. The smallest absolute Gasteiger partial charge is 0.250 e. The molecule has 11 rings (SSSR count). The zero-order valence-electron chi connectivity index (χ0n) is 84.0. The molecule has 7 N–H and O–H groups in total. The van der Waals surface area contributed by atoms with Gasteiger partial charge in [0.05, 0.1) is 78.6 Å². The zero-order valence-corrected chi connectivity index (χ0v) is 96.0. The number of methoxy groups -OCH3 is 2. The third-order valence-electron chi connectivity index (χ3n) is 25.0. The first-order valence-corrected chi connectivity index (χ1v) is 61.2. The molecule has 3 fully saturated rings. The fourth-order valence-electron chi connectivity index (χ4n) is 12.0. The van der Waals surface area contributed by atoms with E-state index in [2.05, 4.69) is 277 Å². The van der Waals surface area contributed by atoms with E-state index in [1.54, 1.807) is 68.8 Å². The predicted molar refractivity (Wildman–Crippen MR) is 571 cm³/mol. The first-order chi connectivity index (χ1) is 63.1. The number of halogens is 11. The second kappa shape index (κ2) is 57.0. The number of benzene rings is 7. The molecule has 0 radical (unpaired) electrons. The Hall–Kier alpha value is -5.66. The molecule has 3 aliphatic heterocycles. The van der Waals surface area contributed by atoms with Crippen LogP contribution >= 0.6 is 79.6 Å². The van der Waals surface area contributed by atoms with Gasteiger partial charge in [0.15, 0.2) is 36.5 Å². The van der Waals surface area contributed by atoms with Crippen molar-refractivity contribution in [2.24, 2.45) is 0 Å². The van der Waals surface area contributed by atoms with Crippen molar-refractivity contribution in [3.63, 3.8) is 0 Å². The summed E-state index contributed by atoms with van der Waals surface area (Å²) in [4.78, 5) is 33.7. The van der Waals surface area contributed by atoms with Gasteiger partial charge in [0.2, 0.25) is 8.32 Å². The number of piperazine rings is 3. The van der Waals surface area contributed by atoms with Crippen molar-refractivity contribution in [1.29, 1.82) is 0 Å². The van der Waals surface area contributed by atoms with E-state index in [0.717, 1.165) is 113 Å². The molecule has 0 spiro atoms. The van der Waals surface area contributed by atoms with E-state index in [0.29, 0.717) is 57.1 Å². The number of ether oxygens (including phenoxy) is 2. The Morgan fingerprint density at radius 2 is 0.809 bits per heavy atom.